The van der Waals surface area contributed by atoms with Gasteiger partial charge in [0.1, 0.15) is 0 Å². The molecule has 0 unspecified atom stereocenters. The van der Waals surface area contributed by atoms with Crippen LogP contribution in [0.25, 0.3) is 22.5 Å². The number of aromatic amines is 1. The fourth-order valence-corrected chi connectivity index (χ4v) is 3.76. The van der Waals surface area contributed by atoms with Crippen LogP contribution in [0.3, 0.4) is 0 Å². The molecule has 138 valence electrons. The predicted molar refractivity (Wildman–Crippen MR) is 109 cm³/mol. The Morgan fingerprint density at radius 1 is 1.00 bits per heavy atom. The van der Waals surface area contributed by atoms with Gasteiger partial charge in [0, 0.05) is 5.56 Å². The molecule has 4 aromatic rings. The van der Waals surface area contributed by atoms with E-state index in [1.165, 1.54) is 23.1 Å². The van der Waals surface area contributed by atoms with Crippen molar-refractivity contribution < 1.29 is 0 Å². The van der Waals surface area contributed by atoms with E-state index in [-0.39, 0.29) is 0 Å². The Balaban J connectivity index is 1.33. The molecule has 0 atom stereocenters. The standard InChI is InChI=1S/C22H20N6/c1-2-6-16(7-3-1)20-12-17(26-27-20)13-23-22-25-21(14-24-28-22)19-11-5-9-15-8-4-10-18(15)19/h1-3,5-7,9,11-12,14H,4,8,10,13H2,(H,26,27)(H,23,25,28). The van der Waals surface area contributed by atoms with Gasteiger partial charge in [0.05, 0.1) is 29.8 Å². The minimum atomic E-state index is 0.511. The monoisotopic (exact) mass is 368 g/mol. The van der Waals surface area contributed by atoms with Crippen LogP contribution in [-0.2, 0) is 19.4 Å². The number of fused-ring (bicyclic) bond motifs is 1. The smallest absolute Gasteiger partial charge is 0.243 e. The van der Waals surface area contributed by atoms with Gasteiger partial charge in [-0.05, 0) is 42.0 Å². The van der Waals surface area contributed by atoms with E-state index in [2.05, 4.69) is 61.0 Å². The molecule has 0 radical (unpaired) electrons. The summed E-state index contributed by atoms with van der Waals surface area (Å²) in [5.41, 5.74) is 7.85. The maximum absolute atomic E-state index is 4.68. The number of hydrogen-bond donors (Lipinski definition) is 2. The third kappa shape index (κ3) is 3.24. The molecule has 2 aromatic heterocycles. The Morgan fingerprint density at radius 2 is 1.93 bits per heavy atom. The summed E-state index contributed by atoms with van der Waals surface area (Å²) < 4.78 is 0. The topological polar surface area (TPSA) is 79.4 Å². The predicted octanol–water partition coefficient (Wildman–Crippen LogP) is 4.03. The van der Waals surface area contributed by atoms with Crippen LogP contribution in [-0.4, -0.2) is 25.4 Å². The average Bonchev–Trinajstić information content (AvgIpc) is 3.42. The first kappa shape index (κ1) is 16.6. The van der Waals surface area contributed by atoms with Gasteiger partial charge in [-0.2, -0.15) is 10.2 Å². The molecule has 5 rings (SSSR count). The lowest BCUT2D eigenvalue weighted by Crippen LogP contribution is -2.06. The highest BCUT2D eigenvalue weighted by atomic mass is 15.2. The highest BCUT2D eigenvalue weighted by Gasteiger charge is 2.16. The highest BCUT2D eigenvalue weighted by Crippen LogP contribution is 2.31. The zero-order valence-corrected chi connectivity index (χ0v) is 15.4. The van der Waals surface area contributed by atoms with Crippen molar-refractivity contribution in [2.24, 2.45) is 0 Å². The molecule has 1 aliphatic carbocycles. The lowest BCUT2D eigenvalue weighted by molar-refractivity contribution is 0.909. The number of rotatable bonds is 5. The lowest BCUT2D eigenvalue weighted by atomic mass is 10.0. The van der Waals surface area contributed by atoms with Gasteiger partial charge in [0.2, 0.25) is 5.95 Å². The van der Waals surface area contributed by atoms with Crippen molar-refractivity contribution in [3.8, 4) is 22.5 Å². The Morgan fingerprint density at radius 3 is 2.86 bits per heavy atom. The van der Waals surface area contributed by atoms with Crippen LogP contribution in [0.1, 0.15) is 23.2 Å². The highest BCUT2D eigenvalue weighted by molar-refractivity contribution is 5.66. The molecule has 6 nitrogen and oxygen atoms in total. The number of H-pyrrole nitrogens is 1. The van der Waals surface area contributed by atoms with Crippen LogP contribution in [0, 0.1) is 0 Å². The maximum atomic E-state index is 4.68. The molecule has 0 bridgehead atoms. The lowest BCUT2D eigenvalue weighted by Gasteiger charge is -2.08. The molecule has 0 fully saturated rings. The fourth-order valence-electron chi connectivity index (χ4n) is 3.76. The third-order valence-corrected chi connectivity index (χ3v) is 5.12. The number of benzene rings is 2. The molecular formula is C22H20N6. The summed E-state index contributed by atoms with van der Waals surface area (Å²) in [6, 6.07) is 18.6. The van der Waals surface area contributed by atoms with Crippen molar-refractivity contribution in [1.82, 2.24) is 25.4 Å². The van der Waals surface area contributed by atoms with Crippen molar-refractivity contribution in [2.45, 2.75) is 25.8 Å². The van der Waals surface area contributed by atoms with Crippen molar-refractivity contribution in [3.05, 3.63) is 77.6 Å². The van der Waals surface area contributed by atoms with E-state index in [1.54, 1.807) is 6.20 Å². The second-order valence-electron chi connectivity index (χ2n) is 6.95. The molecule has 0 saturated carbocycles. The molecule has 0 spiro atoms. The second kappa shape index (κ2) is 7.23. The SMILES string of the molecule is c1ccc(-c2cc(CNc3nncc(-c4cccc5c4CCC5)n3)n[nH]2)cc1. The second-order valence-corrected chi connectivity index (χ2v) is 6.95. The molecule has 2 heterocycles. The van der Waals surface area contributed by atoms with Gasteiger partial charge in [-0.1, -0.05) is 48.5 Å². The van der Waals surface area contributed by atoms with Gasteiger partial charge >= 0.3 is 0 Å². The molecule has 0 amide bonds. The van der Waals surface area contributed by atoms with Crippen molar-refractivity contribution in [1.29, 1.82) is 0 Å². The molecule has 0 saturated heterocycles. The van der Waals surface area contributed by atoms with Gasteiger partial charge in [0.25, 0.3) is 0 Å². The Bertz CT molecular complexity index is 1100. The Kier molecular flexibility index (Phi) is 4.29. The van der Waals surface area contributed by atoms with Gasteiger partial charge in [-0.25, -0.2) is 4.98 Å². The minimum absolute atomic E-state index is 0.511. The van der Waals surface area contributed by atoms with Gasteiger partial charge in [-0.3, -0.25) is 5.10 Å². The van der Waals surface area contributed by atoms with E-state index >= 15 is 0 Å². The summed E-state index contributed by atoms with van der Waals surface area (Å²) in [6.45, 7) is 0.529. The van der Waals surface area contributed by atoms with Crippen molar-refractivity contribution >= 4 is 5.95 Å². The van der Waals surface area contributed by atoms with E-state index in [9.17, 15) is 0 Å². The molecule has 6 heteroatoms. The van der Waals surface area contributed by atoms with Crippen LogP contribution in [0.5, 0.6) is 0 Å². The molecule has 2 aromatic carbocycles. The zero-order valence-electron chi connectivity index (χ0n) is 15.4. The third-order valence-electron chi connectivity index (χ3n) is 5.12. The van der Waals surface area contributed by atoms with Gasteiger partial charge in [-0.15, -0.1) is 5.10 Å². The quantitative estimate of drug-likeness (QED) is 0.556. The van der Waals surface area contributed by atoms with E-state index in [4.69, 9.17) is 0 Å². The van der Waals surface area contributed by atoms with Crippen molar-refractivity contribution in [3.63, 3.8) is 0 Å². The summed E-state index contributed by atoms with van der Waals surface area (Å²) in [6.07, 6.45) is 5.20. The number of hydrogen-bond acceptors (Lipinski definition) is 5. The molecule has 28 heavy (non-hydrogen) atoms. The van der Waals surface area contributed by atoms with E-state index in [0.717, 1.165) is 35.5 Å². The fraction of sp³-hybridized carbons (Fsp3) is 0.182. The number of nitrogens with zero attached hydrogens (tertiary/aromatic N) is 4. The Hall–Kier alpha value is -3.54. The van der Waals surface area contributed by atoms with E-state index in [0.29, 0.717) is 12.5 Å². The summed E-state index contributed by atoms with van der Waals surface area (Å²) in [4.78, 5) is 4.68. The van der Waals surface area contributed by atoms with Crippen LogP contribution < -0.4 is 5.32 Å². The van der Waals surface area contributed by atoms with Gasteiger partial charge in [0.15, 0.2) is 0 Å². The van der Waals surface area contributed by atoms with Crippen molar-refractivity contribution in [2.75, 3.05) is 5.32 Å². The summed E-state index contributed by atoms with van der Waals surface area (Å²) in [5.74, 6) is 0.511. The number of aryl methyl sites for hydroxylation is 1. The zero-order chi connectivity index (χ0) is 18.8. The number of aromatic nitrogens is 5. The first-order chi connectivity index (χ1) is 13.9. The van der Waals surface area contributed by atoms with Crippen LogP contribution in [0.15, 0.2) is 60.8 Å². The number of nitrogens with one attached hydrogen (secondary N) is 2. The summed E-state index contributed by atoms with van der Waals surface area (Å²) in [5, 5.41) is 19.0. The first-order valence-corrected chi connectivity index (χ1v) is 9.51. The Labute approximate surface area is 163 Å². The normalized spacial score (nSPS) is 12.7. The summed E-state index contributed by atoms with van der Waals surface area (Å²) in [7, 11) is 0. The molecule has 0 aliphatic heterocycles. The van der Waals surface area contributed by atoms with E-state index < -0.39 is 0 Å². The molecule has 1 aliphatic rings. The van der Waals surface area contributed by atoms with Crippen LogP contribution in [0.2, 0.25) is 0 Å². The molecule has 2 N–H and O–H groups in total. The maximum Gasteiger partial charge on any atom is 0.243 e. The first-order valence-electron chi connectivity index (χ1n) is 9.51. The van der Waals surface area contributed by atoms with Crippen LogP contribution in [0.4, 0.5) is 5.95 Å². The summed E-state index contributed by atoms with van der Waals surface area (Å²) >= 11 is 0. The largest absolute Gasteiger partial charge is 0.347 e. The minimum Gasteiger partial charge on any atom is -0.347 e. The number of anilines is 1. The molecular weight excluding hydrogens is 348 g/mol. The van der Waals surface area contributed by atoms with E-state index in [1.807, 2.05) is 24.3 Å². The van der Waals surface area contributed by atoms with Gasteiger partial charge < -0.3 is 5.32 Å². The van der Waals surface area contributed by atoms with Crippen LogP contribution >= 0.6 is 0 Å². The average molecular weight is 368 g/mol.